The Bertz CT molecular complexity index is 1470. The van der Waals surface area contributed by atoms with Gasteiger partial charge >= 0.3 is 5.97 Å². The van der Waals surface area contributed by atoms with Gasteiger partial charge in [-0.15, -0.1) is 0 Å². The first kappa shape index (κ1) is 34.9. The second-order valence-electron chi connectivity index (χ2n) is 14.6. The summed E-state index contributed by atoms with van der Waals surface area (Å²) < 4.78 is 39.0. The van der Waals surface area contributed by atoms with Crippen LogP contribution < -0.4 is 9.64 Å². The van der Waals surface area contributed by atoms with E-state index in [0.717, 1.165) is 61.7 Å². The molecule has 0 saturated heterocycles. The molecule has 252 valence electrons. The molecular formula is C37H50ClNO6S. The molecule has 6 atom stereocenters. The van der Waals surface area contributed by atoms with Gasteiger partial charge in [-0.05, 0) is 131 Å². The summed E-state index contributed by atoms with van der Waals surface area (Å²) in [6, 6.07) is 12.0. The highest BCUT2D eigenvalue weighted by Crippen LogP contribution is 2.47. The van der Waals surface area contributed by atoms with E-state index in [-0.39, 0.29) is 29.2 Å². The summed E-state index contributed by atoms with van der Waals surface area (Å²) in [6.07, 6.45) is 8.09. The topological polar surface area (TPSA) is 85.3 Å². The summed E-state index contributed by atoms with van der Waals surface area (Å²) in [6.45, 7) is 12.0. The molecule has 2 aromatic carbocycles. The minimum Gasteiger partial charge on any atom is -0.490 e. The number of methoxy groups -OCH3 is 1. The van der Waals surface area contributed by atoms with Crippen LogP contribution in [0.25, 0.3) is 0 Å². The van der Waals surface area contributed by atoms with Crippen LogP contribution in [0.2, 0.25) is 5.02 Å². The number of carbonyl (C=O) groups is 1. The number of aryl methyl sites for hydroxylation is 1. The van der Waals surface area contributed by atoms with Crippen LogP contribution in [0.3, 0.4) is 0 Å². The molecule has 1 saturated carbocycles. The molecule has 2 unspecified atom stereocenters. The summed E-state index contributed by atoms with van der Waals surface area (Å²) in [5, 5.41) is 0.762. The maximum absolute atomic E-state index is 13.2. The van der Waals surface area contributed by atoms with Gasteiger partial charge in [-0.3, -0.25) is 0 Å². The Morgan fingerprint density at radius 1 is 1.24 bits per heavy atom. The third-order valence-electron chi connectivity index (χ3n) is 9.99. The molecule has 46 heavy (non-hydrogen) atoms. The van der Waals surface area contributed by atoms with E-state index in [0.29, 0.717) is 30.4 Å². The number of hydrogen-bond acceptors (Lipinski definition) is 6. The zero-order valence-electron chi connectivity index (χ0n) is 28.1. The van der Waals surface area contributed by atoms with Crippen LogP contribution >= 0.6 is 11.6 Å². The van der Waals surface area contributed by atoms with Crippen LogP contribution in [0.5, 0.6) is 5.75 Å². The van der Waals surface area contributed by atoms with Gasteiger partial charge in [0, 0.05) is 36.4 Å². The molecule has 2 aromatic rings. The first-order valence-corrected chi connectivity index (χ1v) is 18.3. The first-order valence-electron chi connectivity index (χ1n) is 16.6. The van der Waals surface area contributed by atoms with Gasteiger partial charge in [0.15, 0.2) is 11.1 Å². The Hall–Kier alpha value is -2.39. The van der Waals surface area contributed by atoms with Crippen molar-refractivity contribution >= 4 is 34.3 Å². The molecule has 0 aromatic heterocycles. The van der Waals surface area contributed by atoms with E-state index in [1.54, 1.807) is 7.11 Å². The summed E-state index contributed by atoms with van der Waals surface area (Å²) in [7, 11) is 1.78. The lowest BCUT2D eigenvalue weighted by Gasteiger charge is -2.46. The van der Waals surface area contributed by atoms with Gasteiger partial charge in [0.05, 0.1) is 24.0 Å². The number of anilines is 1. The monoisotopic (exact) mass is 671 g/mol. The number of allylic oxidation sites excluding steroid dienone is 1. The lowest BCUT2D eigenvalue weighted by Crippen LogP contribution is -2.50. The van der Waals surface area contributed by atoms with E-state index in [1.807, 2.05) is 45.0 Å². The smallest absolute Gasteiger partial charge is 0.338 e. The molecule has 1 spiro atoms. The molecule has 0 bridgehead atoms. The Morgan fingerprint density at radius 3 is 2.70 bits per heavy atom. The number of hydrogen-bond donors (Lipinski definition) is 1. The van der Waals surface area contributed by atoms with E-state index in [1.165, 1.54) is 16.7 Å². The SMILES string of the molecule is CO[C@@H](/C(C)=C/C(C)CCS(=O)O)[C@@H]1CC[C@H]1CN1C[C@@]2(CCCc3cc(Cl)ccc32)COc2ccc(C(=O)OC(C)(C)C)cc21. The van der Waals surface area contributed by atoms with Crippen LogP contribution in [-0.2, 0) is 32.4 Å². The van der Waals surface area contributed by atoms with Gasteiger partial charge in [-0.1, -0.05) is 30.7 Å². The van der Waals surface area contributed by atoms with Crippen molar-refractivity contribution in [3.8, 4) is 5.75 Å². The summed E-state index contributed by atoms with van der Waals surface area (Å²) in [4.78, 5) is 15.7. The Balaban J connectivity index is 1.46. The molecule has 1 aliphatic heterocycles. The fourth-order valence-corrected chi connectivity index (χ4v) is 8.46. The van der Waals surface area contributed by atoms with Crippen molar-refractivity contribution in [2.24, 2.45) is 17.8 Å². The van der Waals surface area contributed by atoms with Gasteiger partial charge in [0.1, 0.15) is 11.4 Å². The molecule has 2 aliphatic carbocycles. The fraction of sp³-hybridized carbons (Fsp3) is 0.595. The quantitative estimate of drug-likeness (QED) is 0.156. The third kappa shape index (κ3) is 8.00. The average molecular weight is 672 g/mol. The molecule has 3 aliphatic rings. The number of benzene rings is 2. The maximum Gasteiger partial charge on any atom is 0.338 e. The van der Waals surface area contributed by atoms with E-state index >= 15 is 0 Å². The van der Waals surface area contributed by atoms with Crippen LogP contribution in [-0.4, -0.2) is 59.0 Å². The van der Waals surface area contributed by atoms with Crippen molar-refractivity contribution in [3.05, 3.63) is 69.8 Å². The van der Waals surface area contributed by atoms with Crippen LogP contribution in [0, 0.1) is 17.8 Å². The van der Waals surface area contributed by atoms with Crippen LogP contribution in [0.15, 0.2) is 48.0 Å². The zero-order chi connectivity index (χ0) is 33.2. The molecule has 1 fully saturated rings. The number of esters is 1. The van der Waals surface area contributed by atoms with Crippen molar-refractivity contribution < 1.29 is 27.8 Å². The lowest BCUT2D eigenvalue weighted by molar-refractivity contribution is 0.00601. The number of ether oxygens (including phenoxy) is 3. The van der Waals surface area contributed by atoms with Gasteiger partial charge in [0.25, 0.3) is 0 Å². The normalized spacial score (nSPS) is 25.0. The predicted molar refractivity (Wildman–Crippen MR) is 186 cm³/mol. The lowest BCUT2D eigenvalue weighted by atomic mass is 9.67. The molecule has 9 heteroatoms. The Morgan fingerprint density at radius 2 is 2.02 bits per heavy atom. The first-order chi connectivity index (χ1) is 21.8. The summed E-state index contributed by atoms with van der Waals surface area (Å²) >= 11 is 4.66. The highest BCUT2D eigenvalue weighted by molar-refractivity contribution is 7.79. The summed E-state index contributed by atoms with van der Waals surface area (Å²) in [5.74, 6) is 1.63. The highest BCUT2D eigenvalue weighted by atomic mass is 35.5. The average Bonchev–Trinajstić information content (AvgIpc) is 3.12. The number of carbonyl (C=O) groups excluding carboxylic acids is 1. The number of fused-ring (bicyclic) bond motifs is 3. The van der Waals surface area contributed by atoms with Crippen molar-refractivity contribution in [2.75, 3.05) is 37.5 Å². The fourth-order valence-electron chi connectivity index (χ4n) is 7.69. The van der Waals surface area contributed by atoms with E-state index in [4.69, 9.17) is 25.8 Å². The minimum absolute atomic E-state index is 0.0249. The van der Waals surface area contributed by atoms with Gasteiger partial charge in [-0.2, -0.15) is 0 Å². The second kappa shape index (κ2) is 14.4. The molecule has 0 radical (unpaired) electrons. The van der Waals surface area contributed by atoms with Crippen LogP contribution in [0.1, 0.15) is 88.2 Å². The maximum atomic E-state index is 13.2. The molecule has 5 rings (SSSR count). The third-order valence-corrected chi connectivity index (χ3v) is 10.8. The Kier molecular flexibility index (Phi) is 10.9. The van der Waals surface area contributed by atoms with E-state index in [9.17, 15) is 13.6 Å². The van der Waals surface area contributed by atoms with Gasteiger partial charge in [-0.25, -0.2) is 9.00 Å². The van der Waals surface area contributed by atoms with Crippen molar-refractivity contribution in [3.63, 3.8) is 0 Å². The Labute approximate surface area is 282 Å². The van der Waals surface area contributed by atoms with Gasteiger partial charge in [0.2, 0.25) is 0 Å². The standard InChI is InChI=1S/C37H50ClNO6S/c1-24(15-17-46(41)42)18-25(2)34(43-6)30-12-9-28(30)21-39-22-37(16-7-8-26-19-29(38)11-13-31(26)37)23-44-33-14-10-27(20-32(33)39)35(40)45-36(3,4)5/h10-11,13-14,18-20,24,28,30,34H,7-9,12,15-17,21-23H2,1-6H3,(H,41,42)/b25-18+/t24?,28-,30+,34-,37-/m0/s1. The molecular weight excluding hydrogens is 622 g/mol. The van der Waals surface area contributed by atoms with Gasteiger partial charge < -0.3 is 23.7 Å². The van der Waals surface area contributed by atoms with Crippen molar-refractivity contribution in [2.45, 2.75) is 90.3 Å². The zero-order valence-corrected chi connectivity index (χ0v) is 29.7. The van der Waals surface area contributed by atoms with Crippen LogP contribution in [0.4, 0.5) is 5.69 Å². The number of rotatable bonds is 10. The van der Waals surface area contributed by atoms with E-state index < -0.39 is 16.7 Å². The predicted octanol–water partition coefficient (Wildman–Crippen LogP) is 8.00. The summed E-state index contributed by atoms with van der Waals surface area (Å²) in [5.41, 5.74) is 4.43. The number of halogens is 1. The molecule has 0 amide bonds. The highest BCUT2D eigenvalue weighted by Gasteiger charge is 2.45. The second-order valence-corrected chi connectivity index (χ2v) is 16.1. The molecule has 1 heterocycles. The largest absolute Gasteiger partial charge is 0.490 e. The van der Waals surface area contributed by atoms with Crippen molar-refractivity contribution in [1.29, 1.82) is 0 Å². The molecule has 1 N–H and O–H groups in total. The number of nitrogens with zero attached hydrogens (tertiary/aromatic N) is 1. The van der Waals surface area contributed by atoms with Crippen molar-refractivity contribution in [1.82, 2.24) is 0 Å². The minimum atomic E-state index is -1.78. The van der Waals surface area contributed by atoms with E-state index in [2.05, 4.69) is 37.0 Å². The molecule has 7 nitrogen and oxygen atoms in total.